The Hall–Kier alpha value is -3.09. The van der Waals surface area contributed by atoms with Crippen molar-refractivity contribution in [2.75, 3.05) is 24.4 Å². The molecule has 1 aromatic heterocycles. The Kier molecular flexibility index (Phi) is 12.3. The molecule has 0 radical (unpaired) electrons. The van der Waals surface area contributed by atoms with Gasteiger partial charge >= 0.3 is 0 Å². The lowest BCUT2D eigenvalue weighted by molar-refractivity contribution is -0.122. The molecule has 194 valence electrons. The minimum Gasteiger partial charge on any atom is -0.355 e. The van der Waals surface area contributed by atoms with Gasteiger partial charge in [0.05, 0.1) is 11.5 Å². The van der Waals surface area contributed by atoms with Crippen LogP contribution in [0.25, 0.3) is 0 Å². The number of guanidine groups is 1. The van der Waals surface area contributed by atoms with Crippen molar-refractivity contribution in [3.8, 4) is 0 Å². The van der Waals surface area contributed by atoms with E-state index in [0.717, 1.165) is 18.4 Å². The molecule has 0 saturated carbocycles. The van der Waals surface area contributed by atoms with Crippen LogP contribution in [0.3, 0.4) is 0 Å². The van der Waals surface area contributed by atoms with E-state index >= 15 is 0 Å². The molecule has 0 atom stereocenters. The van der Waals surface area contributed by atoms with Gasteiger partial charge in [0.1, 0.15) is 12.2 Å². The highest BCUT2D eigenvalue weighted by Crippen LogP contribution is 2.15. The molecule has 35 heavy (non-hydrogen) atoms. The van der Waals surface area contributed by atoms with Crippen molar-refractivity contribution >= 4 is 40.0 Å². The molecule has 0 aliphatic heterocycles. The van der Waals surface area contributed by atoms with E-state index in [0.29, 0.717) is 12.2 Å². The second kappa shape index (κ2) is 14.3. The first-order valence-corrected chi connectivity index (χ1v) is 12.4. The minimum atomic E-state index is -3.96. The Morgan fingerprint density at radius 1 is 1.11 bits per heavy atom. The number of aromatic nitrogens is 1. The van der Waals surface area contributed by atoms with Crippen molar-refractivity contribution < 1.29 is 18.0 Å². The van der Waals surface area contributed by atoms with Gasteiger partial charge < -0.3 is 15.2 Å². The molecule has 0 fully saturated rings. The lowest BCUT2D eigenvalue weighted by atomic mass is 10.2. The van der Waals surface area contributed by atoms with Gasteiger partial charge in [-0.25, -0.2) is 13.9 Å². The van der Waals surface area contributed by atoms with Gasteiger partial charge in [-0.15, -0.1) is 12.4 Å². The fraction of sp³-hybridized carbons (Fsp3) is 0.409. The smallest absolute Gasteiger partial charge is 0.275 e. The molecule has 1 aromatic carbocycles. The second-order valence-corrected chi connectivity index (χ2v) is 9.34. The van der Waals surface area contributed by atoms with Crippen LogP contribution in [0, 0.1) is 19.3 Å². The number of pyridine rings is 1. The van der Waals surface area contributed by atoms with Crippen LogP contribution in [-0.4, -0.2) is 44.5 Å². The topological polar surface area (TPSA) is 154 Å². The summed E-state index contributed by atoms with van der Waals surface area (Å²) in [6, 6.07) is 9.27. The van der Waals surface area contributed by atoms with Crippen molar-refractivity contribution in [3.05, 3.63) is 58.0 Å². The lowest BCUT2D eigenvalue weighted by Gasteiger charge is -2.14. The van der Waals surface area contributed by atoms with Crippen LogP contribution in [0.4, 0.5) is 5.69 Å². The summed E-state index contributed by atoms with van der Waals surface area (Å²) in [4.78, 5) is 30.3. The van der Waals surface area contributed by atoms with E-state index in [1.807, 2.05) is 6.92 Å². The number of carbonyl (C=O) groups is 1. The summed E-state index contributed by atoms with van der Waals surface area (Å²) in [7, 11) is -3.96. The van der Waals surface area contributed by atoms with Crippen LogP contribution in [0.5, 0.6) is 0 Å². The first kappa shape index (κ1) is 29.9. The third-order valence-electron chi connectivity index (χ3n) is 4.77. The number of aryl methyl sites for hydroxylation is 2. The fourth-order valence-corrected chi connectivity index (χ4v) is 4.08. The lowest BCUT2D eigenvalue weighted by Crippen LogP contribution is -2.39. The minimum absolute atomic E-state index is 0. The number of hydrogen-bond acceptors (Lipinski definition) is 6. The molecule has 2 rings (SSSR count). The number of anilines is 1. The van der Waals surface area contributed by atoms with E-state index in [9.17, 15) is 18.0 Å². The highest BCUT2D eigenvalue weighted by Gasteiger charge is 2.18. The van der Waals surface area contributed by atoms with Gasteiger partial charge in [0.15, 0.2) is 0 Å². The largest absolute Gasteiger partial charge is 0.355 e. The van der Waals surface area contributed by atoms with Gasteiger partial charge in [-0.1, -0.05) is 25.5 Å². The molecule has 1 heterocycles. The molecule has 0 bridgehead atoms. The maximum Gasteiger partial charge on any atom is 0.275 e. The number of halogens is 1. The predicted molar refractivity (Wildman–Crippen MR) is 137 cm³/mol. The Bertz CT molecular complexity index is 1170. The third kappa shape index (κ3) is 9.59. The van der Waals surface area contributed by atoms with Crippen LogP contribution in [0.1, 0.15) is 31.0 Å². The molecule has 0 unspecified atom stereocenters. The first-order chi connectivity index (χ1) is 16.1. The average molecular weight is 529 g/mol. The Labute approximate surface area is 211 Å². The van der Waals surface area contributed by atoms with Crippen LogP contribution < -0.4 is 26.4 Å². The van der Waals surface area contributed by atoms with E-state index in [1.54, 1.807) is 32.0 Å². The predicted octanol–water partition coefficient (Wildman–Crippen LogP) is 1.65. The molecule has 1 amide bonds. The number of rotatable bonds is 12. The van der Waals surface area contributed by atoms with Gasteiger partial charge in [-0.2, -0.15) is 0 Å². The maximum absolute atomic E-state index is 12.9. The molecule has 0 aliphatic carbocycles. The van der Waals surface area contributed by atoms with Gasteiger partial charge in [0.25, 0.3) is 15.6 Å². The van der Waals surface area contributed by atoms with E-state index < -0.39 is 21.5 Å². The van der Waals surface area contributed by atoms with Gasteiger partial charge in [0, 0.05) is 18.8 Å². The summed E-state index contributed by atoms with van der Waals surface area (Å²) in [6.45, 7) is 6.11. The number of sulfonamides is 1. The third-order valence-corrected chi connectivity index (χ3v) is 6.13. The number of nitrogens with one attached hydrogen (secondary N) is 5. The zero-order chi connectivity index (χ0) is 25.1. The van der Waals surface area contributed by atoms with Crippen LogP contribution >= 0.6 is 12.4 Å². The van der Waals surface area contributed by atoms with Crippen molar-refractivity contribution in [1.82, 2.24) is 20.7 Å². The SMILES string of the molecule is CCCCNC(=N)NOCCNC(=O)Cn1c(C)ccc(NS(=O)(=O)c2cccc(C)c2)c1=O.Cl. The number of unbranched alkanes of at least 4 members (excludes halogenated alkanes) is 1. The number of benzene rings is 1. The number of carbonyl (C=O) groups excluding carboxylic acids is 1. The zero-order valence-corrected chi connectivity index (χ0v) is 21.6. The van der Waals surface area contributed by atoms with Crippen LogP contribution in [-0.2, 0) is 26.2 Å². The van der Waals surface area contributed by atoms with E-state index in [1.165, 1.54) is 22.8 Å². The number of hydrogen-bond donors (Lipinski definition) is 5. The Balaban J connectivity index is 0.00000612. The summed E-state index contributed by atoms with van der Waals surface area (Å²) in [5.41, 5.74) is 2.92. The van der Waals surface area contributed by atoms with Gasteiger partial charge in [0.2, 0.25) is 11.9 Å². The molecular weight excluding hydrogens is 496 g/mol. The van der Waals surface area contributed by atoms with E-state index in [-0.39, 0.29) is 48.6 Å². The molecule has 5 N–H and O–H groups in total. The molecule has 2 aromatic rings. The van der Waals surface area contributed by atoms with E-state index in [4.69, 9.17) is 10.2 Å². The monoisotopic (exact) mass is 528 g/mol. The van der Waals surface area contributed by atoms with Crippen LogP contribution in [0.15, 0.2) is 46.1 Å². The molecular formula is C22H33ClN6O5S. The maximum atomic E-state index is 12.9. The van der Waals surface area contributed by atoms with Crippen molar-refractivity contribution in [1.29, 1.82) is 5.41 Å². The summed E-state index contributed by atoms with van der Waals surface area (Å²) in [5, 5.41) is 13.1. The van der Waals surface area contributed by atoms with Crippen molar-refractivity contribution in [2.24, 2.45) is 0 Å². The standard InChI is InChI=1S/C22H32N6O5S.ClH/c1-4-5-11-25-22(23)26-33-13-12-24-20(29)15-28-17(3)9-10-19(21(28)30)27-34(31,32)18-8-6-7-16(2)14-18;/h6-10,14,27H,4-5,11-13,15H2,1-3H3,(H,24,29)(H3,23,25,26);1H. The Morgan fingerprint density at radius 2 is 1.86 bits per heavy atom. The summed E-state index contributed by atoms with van der Waals surface area (Å²) < 4.78 is 28.8. The van der Waals surface area contributed by atoms with E-state index in [2.05, 4.69) is 20.8 Å². The van der Waals surface area contributed by atoms with Crippen molar-refractivity contribution in [3.63, 3.8) is 0 Å². The molecule has 11 nitrogen and oxygen atoms in total. The number of nitrogens with zero attached hydrogens (tertiary/aromatic N) is 1. The molecule has 0 spiro atoms. The highest BCUT2D eigenvalue weighted by atomic mass is 35.5. The summed E-state index contributed by atoms with van der Waals surface area (Å²) >= 11 is 0. The second-order valence-electron chi connectivity index (χ2n) is 7.66. The fourth-order valence-electron chi connectivity index (χ4n) is 2.92. The Morgan fingerprint density at radius 3 is 2.54 bits per heavy atom. The van der Waals surface area contributed by atoms with Gasteiger partial charge in [-0.05, 0) is 50.1 Å². The van der Waals surface area contributed by atoms with Crippen LogP contribution in [0.2, 0.25) is 0 Å². The average Bonchev–Trinajstić information content (AvgIpc) is 2.78. The molecule has 13 heteroatoms. The van der Waals surface area contributed by atoms with Gasteiger partial charge in [-0.3, -0.25) is 24.6 Å². The molecule has 0 aliphatic rings. The summed E-state index contributed by atoms with van der Waals surface area (Å²) in [6.07, 6.45) is 1.95. The quantitative estimate of drug-likeness (QED) is 0.121. The zero-order valence-electron chi connectivity index (χ0n) is 20.0. The number of hydroxylamine groups is 1. The highest BCUT2D eigenvalue weighted by molar-refractivity contribution is 7.92. The first-order valence-electron chi connectivity index (χ1n) is 10.9. The van der Waals surface area contributed by atoms with Crippen molar-refractivity contribution in [2.45, 2.75) is 45.1 Å². The number of amides is 1. The normalized spacial score (nSPS) is 10.7. The molecule has 0 saturated heterocycles. The summed E-state index contributed by atoms with van der Waals surface area (Å²) in [5.74, 6) is -0.407.